The Hall–Kier alpha value is -2.47. The Morgan fingerprint density at radius 3 is 2.67 bits per heavy atom. The summed E-state index contributed by atoms with van der Waals surface area (Å²) in [4.78, 5) is 17.4. The van der Waals surface area contributed by atoms with Crippen LogP contribution in [0.4, 0.5) is 5.69 Å². The van der Waals surface area contributed by atoms with Crippen molar-refractivity contribution in [3.05, 3.63) is 63.9 Å². The van der Waals surface area contributed by atoms with E-state index in [1.807, 2.05) is 55.6 Å². The highest BCUT2D eigenvalue weighted by atomic mass is 32.1. The summed E-state index contributed by atoms with van der Waals surface area (Å²) in [6.07, 6.45) is 1.01. The third-order valence-corrected chi connectivity index (χ3v) is 4.37. The van der Waals surface area contributed by atoms with E-state index in [4.69, 9.17) is 4.52 Å². The molecule has 1 amide bonds. The number of hydrogen-bond donors (Lipinski definition) is 1. The average Bonchev–Trinajstić information content (AvgIpc) is 3.21. The van der Waals surface area contributed by atoms with Crippen molar-refractivity contribution in [3.63, 3.8) is 0 Å². The van der Waals surface area contributed by atoms with Gasteiger partial charge in [0.25, 0.3) is 0 Å². The van der Waals surface area contributed by atoms with Crippen LogP contribution < -0.4 is 5.32 Å². The molecule has 3 rings (SSSR count). The molecule has 0 atom stereocenters. The van der Waals surface area contributed by atoms with Crippen molar-refractivity contribution in [3.8, 4) is 0 Å². The van der Waals surface area contributed by atoms with Crippen LogP contribution in [-0.2, 0) is 17.6 Å². The summed E-state index contributed by atoms with van der Waals surface area (Å²) >= 11 is 1.59. The maximum atomic E-state index is 12.0. The van der Waals surface area contributed by atoms with Gasteiger partial charge in [-0.15, -0.1) is 11.3 Å². The number of hydrogen-bond acceptors (Lipinski definition) is 5. The number of carbonyl (C=O) groups excluding carboxylic acids is 1. The van der Waals surface area contributed by atoms with Crippen molar-refractivity contribution in [2.75, 3.05) is 5.32 Å². The fourth-order valence-corrected chi connectivity index (χ4v) is 2.94. The van der Waals surface area contributed by atoms with Crippen molar-refractivity contribution in [2.45, 2.75) is 32.6 Å². The van der Waals surface area contributed by atoms with E-state index in [2.05, 4.69) is 15.5 Å². The molecular formula is C18H19N3O2S. The molecule has 5 nitrogen and oxygen atoms in total. The number of rotatable bonds is 6. The molecule has 0 radical (unpaired) electrons. The number of nitrogens with one attached hydrogen (secondary N) is 1. The van der Waals surface area contributed by atoms with Crippen LogP contribution >= 0.6 is 11.3 Å². The molecule has 3 aromatic rings. The van der Waals surface area contributed by atoms with Crippen molar-refractivity contribution in [1.29, 1.82) is 0 Å². The quantitative estimate of drug-likeness (QED) is 0.735. The Morgan fingerprint density at radius 1 is 1.25 bits per heavy atom. The van der Waals surface area contributed by atoms with Crippen LogP contribution in [0.3, 0.4) is 0 Å². The van der Waals surface area contributed by atoms with E-state index in [-0.39, 0.29) is 11.8 Å². The van der Waals surface area contributed by atoms with Crippen molar-refractivity contribution in [2.24, 2.45) is 0 Å². The van der Waals surface area contributed by atoms with E-state index in [0.717, 1.165) is 16.1 Å². The molecule has 0 unspecified atom stereocenters. The van der Waals surface area contributed by atoms with E-state index in [9.17, 15) is 4.79 Å². The average molecular weight is 341 g/mol. The topological polar surface area (TPSA) is 68.0 Å². The molecule has 2 aromatic heterocycles. The van der Waals surface area contributed by atoms with E-state index in [1.165, 1.54) is 0 Å². The van der Waals surface area contributed by atoms with Crippen molar-refractivity contribution in [1.82, 2.24) is 10.1 Å². The first-order valence-electron chi connectivity index (χ1n) is 7.84. The summed E-state index contributed by atoms with van der Waals surface area (Å²) in [6.45, 7) is 4.04. The van der Waals surface area contributed by atoms with Gasteiger partial charge in [-0.1, -0.05) is 37.2 Å². The fourth-order valence-electron chi connectivity index (χ4n) is 2.24. The second-order valence-corrected chi connectivity index (χ2v) is 6.91. The zero-order chi connectivity index (χ0) is 16.9. The van der Waals surface area contributed by atoms with E-state index < -0.39 is 0 Å². The second-order valence-electron chi connectivity index (χ2n) is 5.88. The normalized spacial score (nSPS) is 11.0. The molecule has 0 spiro atoms. The maximum Gasteiger partial charge on any atom is 0.229 e. The van der Waals surface area contributed by atoms with E-state index in [0.29, 0.717) is 24.6 Å². The molecular weight excluding hydrogens is 322 g/mol. The van der Waals surface area contributed by atoms with Crippen LogP contribution in [0.15, 0.2) is 46.3 Å². The highest BCUT2D eigenvalue weighted by Gasteiger charge is 2.10. The minimum absolute atomic E-state index is 0.00931. The van der Waals surface area contributed by atoms with Gasteiger partial charge in [0, 0.05) is 22.9 Å². The minimum Gasteiger partial charge on any atom is -0.339 e. The standard InChI is InChI=1S/C18H19N3O2S/c1-12(2)18-20-16(21-23-18)10-13-5-7-14(8-6-13)19-17(22)11-15-4-3-9-24-15/h3-9,12H,10-11H2,1-2H3,(H,19,22). The Kier molecular flexibility index (Phi) is 5.05. The summed E-state index contributed by atoms with van der Waals surface area (Å²) in [6, 6.07) is 11.6. The first kappa shape index (κ1) is 16.4. The predicted octanol–water partition coefficient (Wildman–Crippen LogP) is 4.03. The lowest BCUT2D eigenvalue weighted by atomic mass is 10.1. The largest absolute Gasteiger partial charge is 0.339 e. The van der Waals surface area contributed by atoms with Crippen molar-refractivity contribution >= 4 is 22.9 Å². The fraction of sp³-hybridized carbons (Fsp3) is 0.278. The number of amides is 1. The Balaban J connectivity index is 1.57. The molecule has 1 N–H and O–H groups in total. The summed E-state index contributed by atoms with van der Waals surface area (Å²) in [5, 5.41) is 8.87. The van der Waals surface area contributed by atoms with Gasteiger partial charge in [-0.05, 0) is 29.1 Å². The summed E-state index contributed by atoms with van der Waals surface area (Å²) < 4.78 is 5.21. The highest BCUT2D eigenvalue weighted by molar-refractivity contribution is 7.10. The van der Waals surface area contributed by atoms with Gasteiger partial charge in [-0.25, -0.2) is 0 Å². The third-order valence-electron chi connectivity index (χ3n) is 3.49. The number of anilines is 1. The minimum atomic E-state index is -0.00931. The highest BCUT2D eigenvalue weighted by Crippen LogP contribution is 2.16. The molecule has 0 saturated heterocycles. The summed E-state index contributed by atoms with van der Waals surface area (Å²) in [5.41, 5.74) is 1.86. The molecule has 0 fully saturated rings. The van der Waals surface area contributed by atoms with Gasteiger partial charge in [-0.2, -0.15) is 4.98 Å². The Morgan fingerprint density at radius 2 is 2.04 bits per heavy atom. The number of thiophene rings is 1. The third kappa shape index (κ3) is 4.29. The van der Waals surface area contributed by atoms with E-state index >= 15 is 0 Å². The lowest BCUT2D eigenvalue weighted by molar-refractivity contribution is -0.115. The zero-order valence-electron chi connectivity index (χ0n) is 13.7. The summed E-state index contributed by atoms with van der Waals surface area (Å²) in [7, 11) is 0. The van der Waals surface area contributed by atoms with Crippen molar-refractivity contribution < 1.29 is 9.32 Å². The maximum absolute atomic E-state index is 12.0. The van der Waals surface area contributed by atoms with Crippen LogP contribution in [0.1, 0.15) is 41.9 Å². The molecule has 6 heteroatoms. The summed E-state index contributed by atoms with van der Waals surface area (Å²) in [5.74, 6) is 1.55. The molecule has 0 aliphatic carbocycles. The number of nitrogens with zero attached hydrogens (tertiary/aromatic N) is 2. The molecule has 0 aliphatic heterocycles. The second kappa shape index (κ2) is 7.40. The molecule has 0 aliphatic rings. The van der Waals surface area contributed by atoms with Crippen LogP contribution in [-0.4, -0.2) is 16.0 Å². The predicted molar refractivity (Wildman–Crippen MR) is 94.3 cm³/mol. The lowest BCUT2D eigenvalue weighted by Crippen LogP contribution is -2.13. The van der Waals surface area contributed by atoms with Crippen LogP contribution in [0.5, 0.6) is 0 Å². The first-order valence-corrected chi connectivity index (χ1v) is 8.72. The number of aromatic nitrogens is 2. The van der Waals surface area contributed by atoms with Crippen LogP contribution in [0.25, 0.3) is 0 Å². The smallest absolute Gasteiger partial charge is 0.229 e. The first-order chi connectivity index (χ1) is 11.6. The monoisotopic (exact) mass is 341 g/mol. The van der Waals surface area contributed by atoms with Crippen LogP contribution in [0, 0.1) is 0 Å². The van der Waals surface area contributed by atoms with E-state index in [1.54, 1.807) is 11.3 Å². The zero-order valence-corrected chi connectivity index (χ0v) is 14.5. The molecule has 1 aromatic carbocycles. The van der Waals surface area contributed by atoms with Crippen LogP contribution in [0.2, 0.25) is 0 Å². The molecule has 0 saturated carbocycles. The van der Waals surface area contributed by atoms with Gasteiger partial charge in [0.2, 0.25) is 11.8 Å². The van der Waals surface area contributed by atoms with Gasteiger partial charge in [0.1, 0.15) is 0 Å². The Bertz CT molecular complexity index is 792. The van der Waals surface area contributed by atoms with Gasteiger partial charge < -0.3 is 9.84 Å². The molecule has 24 heavy (non-hydrogen) atoms. The lowest BCUT2D eigenvalue weighted by Gasteiger charge is -2.05. The van der Waals surface area contributed by atoms with Gasteiger partial charge >= 0.3 is 0 Å². The SMILES string of the molecule is CC(C)c1nc(Cc2ccc(NC(=O)Cc3cccs3)cc2)no1. The van der Waals surface area contributed by atoms with Gasteiger partial charge in [-0.3, -0.25) is 4.79 Å². The number of carbonyl (C=O) groups is 1. The molecule has 2 heterocycles. The molecule has 124 valence electrons. The number of benzene rings is 1. The van der Waals surface area contributed by atoms with Gasteiger partial charge in [0.15, 0.2) is 5.82 Å². The molecule has 0 bridgehead atoms. The van der Waals surface area contributed by atoms with Gasteiger partial charge in [0.05, 0.1) is 6.42 Å². The Labute approximate surface area is 144 Å².